The van der Waals surface area contributed by atoms with Crippen molar-refractivity contribution in [2.45, 2.75) is 18.4 Å². The Morgan fingerprint density at radius 1 is 1.33 bits per heavy atom. The van der Waals surface area contributed by atoms with Gasteiger partial charge in [-0.25, -0.2) is 8.42 Å². The highest BCUT2D eigenvalue weighted by atomic mass is 32.2. The van der Waals surface area contributed by atoms with Crippen molar-refractivity contribution in [2.24, 2.45) is 5.73 Å². The fraction of sp³-hybridized carbons (Fsp3) is 0.214. The molecule has 21 heavy (non-hydrogen) atoms. The molecule has 0 saturated carbocycles. The number of anilines is 1. The number of hydrogen-bond acceptors (Lipinski definition) is 5. The van der Waals surface area contributed by atoms with Crippen LogP contribution < -0.4 is 11.1 Å². The van der Waals surface area contributed by atoms with E-state index in [1.807, 2.05) is 0 Å². The minimum atomic E-state index is -3.27. The standard InChI is InChI=1S/C14H16N2O3S2/c1-2-21(18,19)13-6-4-3-5-12(13)16-8-11-7-10(9-20-11)14(15)17/h3-7,9,16H,2,8H2,1H3,(H2,15,17). The Morgan fingerprint density at radius 2 is 2.05 bits per heavy atom. The molecule has 1 heterocycles. The van der Waals surface area contributed by atoms with Crippen molar-refractivity contribution < 1.29 is 13.2 Å². The van der Waals surface area contributed by atoms with Gasteiger partial charge in [0.1, 0.15) is 0 Å². The van der Waals surface area contributed by atoms with Crippen LogP contribution in [0.3, 0.4) is 0 Å². The summed E-state index contributed by atoms with van der Waals surface area (Å²) in [5.74, 6) is -0.414. The van der Waals surface area contributed by atoms with Crippen LogP contribution in [0.1, 0.15) is 22.2 Å². The molecule has 0 atom stereocenters. The van der Waals surface area contributed by atoms with E-state index in [2.05, 4.69) is 5.32 Å². The molecule has 2 aromatic rings. The van der Waals surface area contributed by atoms with E-state index in [1.165, 1.54) is 11.3 Å². The third-order valence-corrected chi connectivity index (χ3v) is 5.72. The molecule has 112 valence electrons. The second kappa shape index (κ2) is 6.28. The van der Waals surface area contributed by atoms with Crippen molar-refractivity contribution in [3.05, 3.63) is 46.2 Å². The molecular weight excluding hydrogens is 308 g/mol. The summed E-state index contributed by atoms with van der Waals surface area (Å²) in [6.07, 6.45) is 0. The molecule has 3 N–H and O–H groups in total. The summed E-state index contributed by atoms with van der Waals surface area (Å²) in [5, 5.41) is 4.79. The molecule has 7 heteroatoms. The van der Waals surface area contributed by atoms with E-state index in [4.69, 9.17) is 5.73 Å². The summed E-state index contributed by atoms with van der Waals surface area (Å²) >= 11 is 1.40. The Hall–Kier alpha value is -1.86. The minimum Gasteiger partial charge on any atom is -0.379 e. The molecule has 0 saturated heterocycles. The van der Waals surface area contributed by atoms with E-state index >= 15 is 0 Å². The van der Waals surface area contributed by atoms with Gasteiger partial charge in [-0.15, -0.1) is 11.3 Å². The number of thiophene rings is 1. The van der Waals surface area contributed by atoms with Gasteiger partial charge in [-0.1, -0.05) is 19.1 Å². The highest BCUT2D eigenvalue weighted by Gasteiger charge is 2.16. The van der Waals surface area contributed by atoms with Gasteiger partial charge in [0.2, 0.25) is 5.91 Å². The van der Waals surface area contributed by atoms with Crippen molar-refractivity contribution in [2.75, 3.05) is 11.1 Å². The number of carbonyl (C=O) groups is 1. The van der Waals surface area contributed by atoms with E-state index in [-0.39, 0.29) is 5.75 Å². The van der Waals surface area contributed by atoms with Gasteiger partial charge < -0.3 is 11.1 Å². The van der Waals surface area contributed by atoms with Gasteiger partial charge in [0.15, 0.2) is 9.84 Å². The number of nitrogens with two attached hydrogens (primary N) is 1. The molecule has 0 aliphatic heterocycles. The number of rotatable bonds is 6. The Bertz CT molecular complexity index is 751. The van der Waals surface area contributed by atoms with Crippen LogP contribution in [0.2, 0.25) is 0 Å². The third-order valence-electron chi connectivity index (χ3n) is 2.99. The first-order valence-electron chi connectivity index (χ1n) is 6.37. The van der Waals surface area contributed by atoms with Crippen LogP contribution in [0.5, 0.6) is 0 Å². The lowest BCUT2D eigenvalue weighted by atomic mass is 10.3. The Labute approximate surface area is 127 Å². The first-order valence-corrected chi connectivity index (χ1v) is 8.90. The van der Waals surface area contributed by atoms with Crippen LogP contribution >= 0.6 is 11.3 Å². The highest BCUT2D eigenvalue weighted by Crippen LogP contribution is 2.23. The maximum absolute atomic E-state index is 12.0. The van der Waals surface area contributed by atoms with Crippen molar-refractivity contribution in [1.29, 1.82) is 0 Å². The Balaban J connectivity index is 2.18. The summed E-state index contributed by atoms with van der Waals surface area (Å²) in [5.41, 5.74) is 6.23. The second-order valence-corrected chi connectivity index (χ2v) is 7.66. The van der Waals surface area contributed by atoms with Crippen LogP contribution in [-0.2, 0) is 16.4 Å². The number of primary amides is 1. The molecule has 0 unspecified atom stereocenters. The average molecular weight is 324 g/mol. The second-order valence-electron chi connectivity index (χ2n) is 4.42. The quantitative estimate of drug-likeness (QED) is 0.853. The van der Waals surface area contributed by atoms with Crippen molar-refractivity contribution >= 4 is 32.8 Å². The lowest BCUT2D eigenvalue weighted by Gasteiger charge is -2.10. The number of hydrogen-bond donors (Lipinski definition) is 2. The van der Waals surface area contributed by atoms with E-state index in [0.717, 1.165) is 4.88 Å². The molecule has 0 aliphatic rings. The fourth-order valence-electron chi connectivity index (χ4n) is 1.82. The number of amides is 1. The molecule has 0 bridgehead atoms. The first kappa shape index (κ1) is 15.5. The number of para-hydroxylation sites is 1. The molecular formula is C14H16N2O3S2. The van der Waals surface area contributed by atoms with E-state index in [1.54, 1.807) is 42.6 Å². The minimum absolute atomic E-state index is 0.0521. The van der Waals surface area contributed by atoms with Gasteiger partial charge in [-0.2, -0.15) is 0 Å². The first-order chi connectivity index (χ1) is 9.94. The average Bonchev–Trinajstić information content (AvgIpc) is 2.94. The van der Waals surface area contributed by atoms with Gasteiger partial charge in [-0.05, 0) is 18.2 Å². The molecule has 2 rings (SSSR count). The van der Waals surface area contributed by atoms with E-state index < -0.39 is 15.7 Å². The van der Waals surface area contributed by atoms with E-state index in [0.29, 0.717) is 22.7 Å². The third kappa shape index (κ3) is 3.62. The molecule has 0 radical (unpaired) electrons. The lowest BCUT2D eigenvalue weighted by Crippen LogP contribution is -2.10. The summed E-state index contributed by atoms with van der Waals surface area (Å²) < 4.78 is 24.1. The topological polar surface area (TPSA) is 89.3 Å². The highest BCUT2D eigenvalue weighted by molar-refractivity contribution is 7.91. The monoisotopic (exact) mass is 324 g/mol. The maximum atomic E-state index is 12.0. The largest absolute Gasteiger partial charge is 0.379 e. The zero-order valence-corrected chi connectivity index (χ0v) is 13.1. The fourth-order valence-corrected chi connectivity index (χ4v) is 3.71. The van der Waals surface area contributed by atoms with Crippen LogP contribution in [0.4, 0.5) is 5.69 Å². The number of sulfone groups is 1. The summed E-state index contributed by atoms with van der Waals surface area (Å²) in [6.45, 7) is 2.05. The van der Waals surface area contributed by atoms with Crippen LogP contribution in [0.15, 0.2) is 40.6 Å². The Morgan fingerprint density at radius 3 is 2.67 bits per heavy atom. The molecule has 0 aliphatic carbocycles. The summed E-state index contributed by atoms with van der Waals surface area (Å²) in [4.78, 5) is 12.2. The molecule has 0 spiro atoms. The summed E-state index contributed by atoms with van der Waals surface area (Å²) in [6, 6.07) is 8.50. The molecule has 5 nitrogen and oxygen atoms in total. The molecule has 1 aromatic heterocycles. The molecule has 0 fully saturated rings. The lowest BCUT2D eigenvalue weighted by molar-refractivity contribution is 0.100. The molecule has 1 aromatic carbocycles. The number of nitrogens with one attached hydrogen (secondary N) is 1. The smallest absolute Gasteiger partial charge is 0.249 e. The van der Waals surface area contributed by atoms with Crippen molar-refractivity contribution in [3.63, 3.8) is 0 Å². The predicted octanol–water partition coefficient (Wildman–Crippen LogP) is 2.25. The maximum Gasteiger partial charge on any atom is 0.249 e. The SMILES string of the molecule is CCS(=O)(=O)c1ccccc1NCc1cc(C(N)=O)cs1. The molecule has 1 amide bonds. The van der Waals surface area contributed by atoms with Crippen LogP contribution in [0.25, 0.3) is 0 Å². The predicted molar refractivity (Wildman–Crippen MR) is 84.3 cm³/mol. The number of benzene rings is 1. The zero-order chi connectivity index (χ0) is 15.5. The van der Waals surface area contributed by atoms with Gasteiger partial charge in [0.05, 0.1) is 21.9 Å². The van der Waals surface area contributed by atoms with E-state index in [9.17, 15) is 13.2 Å². The van der Waals surface area contributed by atoms with Crippen molar-refractivity contribution in [3.8, 4) is 0 Å². The number of carbonyl (C=O) groups excluding carboxylic acids is 1. The van der Waals surface area contributed by atoms with Gasteiger partial charge in [0, 0.05) is 16.8 Å². The van der Waals surface area contributed by atoms with Crippen LogP contribution in [-0.4, -0.2) is 20.1 Å². The Kier molecular flexibility index (Phi) is 4.64. The normalized spacial score (nSPS) is 11.3. The van der Waals surface area contributed by atoms with Crippen LogP contribution in [0, 0.1) is 0 Å². The van der Waals surface area contributed by atoms with Gasteiger partial charge in [-0.3, -0.25) is 4.79 Å². The van der Waals surface area contributed by atoms with Gasteiger partial charge >= 0.3 is 0 Å². The summed E-state index contributed by atoms with van der Waals surface area (Å²) in [7, 11) is -3.27. The van der Waals surface area contributed by atoms with Crippen molar-refractivity contribution in [1.82, 2.24) is 0 Å². The van der Waals surface area contributed by atoms with Gasteiger partial charge in [0.25, 0.3) is 0 Å². The zero-order valence-electron chi connectivity index (χ0n) is 11.5.